The molecule has 2 rings (SSSR count). The van der Waals surface area contributed by atoms with Crippen LogP contribution in [0.5, 0.6) is 0 Å². The second kappa shape index (κ2) is 6.95. The third-order valence-corrected chi connectivity index (χ3v) is 4.27. The molecule has 0 radical (unpaired) electrons. The molecule has 2 heterocycles. The fourth-order valence-corrected chi connectivity index (χ4v) is 3.18. The summed E-state index contributed by atoms with van der Waals surface area (Å²) in [5, 5.41) is 12.3. The van der Waals surface area contributed by atoms with E-state index < -0.39 is 0 Å². The molecule has 20 heavy (non-hydrogen) atoms. The highest BCUT2D eigenvalue weighted by atomic mass is 32.1. The Labute approximate surface area is 124 Å². The summed E-state index contributed by atoms with van der Waals surface area (Å²) in [5.41, 5.74) is 3.42. The SMILES string of the molecule is CCCNC(Cc1cc(C)nn1C)c1snnc1CC. The molecule has 0 saturated carbocycles. The van der Waals surface area contributed by atoms with Gasteiger partial charge in [0, 0.05) is 19.2 Å². The van der Waals surface area contributed by atoms with Crippen molar-refractivity contribution in [1.29, 1.82) is 0 Å². The van der Waals surface area contributed by atoms with Crippen molar-refractivity contribution < 1.29 is 0 Å². The number of rotatable bonds is 7. The van der Waals surface area contributed by atoms with Crippen molar-refractivity contribution in [2.45, 2.75) is 46.1 Å². The maximum absolute atomic E-state index is 4.43. The van der Waals surface area contributed by atoms with E-state index in [4.69, 9.17) is 0 Å². The molecular formula is C14H23N5S. The highest BCUT2D eigenvalue weighted by Gasteiger charge is 2.20. The summed E-state index contributed by atoms with van der Waals surface area (Å²) < 4.78 is 6.09. The molecule has 0 aliphatic rings. The second-order valence-corrected chi connectivity index (χ2v) is 5.83. The van der Waals surface area contributed by atoms with Crippen LogP contribution in [0.15, 0.2) is 6.07 Å². The van der Waals surface area contributed by atoms with Gasteiger partial charge in [0.25, 0.3) is 0 Å². The molecule has 0 saturated heterocycles. The molecule has 1 N–H and O–H groups in total. The number of aromatic nitrogens is 4. The van der Waals surface area contributed by atoms with E-state index in [2.05, 4.69) is 39.9 Å². The number of hydrogen-bond acceptors (Lipinski definition) is 5. The largest absolute Gasteiger partial charge is 0.309 e. The van der Waals surface area contributed by atoms with E-state index in [0.717, 1.165) is 37.2 Å². The van der Waals surface area contributed by atoms with Crippen LogP contribution in [0.3, 0.4) is 0 Å². The summed E-state index contributed by atoms with van der Waals surface area (Å²) in [6.45, 7) is 7.35. The van der Waals surface area contributed by atoms with Gasteiger partial charge < -0.3 is 5.32 Å². The summed E-state index contributed by atoms with van der Waals surface area (Å²) in [6.07, 6.45) is 2.98. The number of hydrogen-bond donors (Lipinski definition) is 1. The Hall–Kier alpha value is -1.27. The first-order valence-electron chi connectivity index (χ1n) is 7.19. The lowest BCUT2D eigenvalue weighted by Crippen LogP contribution is -2.25. The molecule has 6 heteroatoms. The van der Waals surface area contributed by atoms with Gasteiger partial charge in [0.15, 0.2) is 0 Å². The van der Waals surface area contributed by atoms with Crippen LogP contribution in [0.1, 0.15) is 48.3 Å². The van der Waals surface area contributed by atoms with Crippen LogP contribution < -0.4 is 5.32 Å². The van der Waals surface area contributed by atoms with Crippen molar-refractivity contribution in [3.63, 3.8) is 0 Å². The van der Waals surface area contributed by atoms with Crippen LogP contribution >= 0.6 is 11.5 Å². The van der Waals surface area contributed by atoms with Crippen LogP contribution in [0.2, 0.25) is 0 Å². The second-order valence-electron chi connectivity index (χ2n) is 5.05. The molecule has 0 fully saturated rings. The first-order valence-corrected chi connectivity index (χ1v) is 7.97. The summed E-state index contributed by atoms with van der Waals surface area (Å²) in [4.78, 5) is 1.26. The van der Waals surface area contributed by atoms with E-state index in [0.29, 0.717) is 0 Å². The Morgan fingerprint density at radius 3 is 2.80 bits per heavy atom. The molecule has 2 aromatic rings. The molecule has 0 aliphatic carbocycles. The lowest BCUT2D eigenvalue weighted by atomic mass is 10.1. The van der Waals surface area contributed by atoms with Crippen LogP contribution in [-0.4, -0.2) is 25.9 Å². The number of nitrogens with zero attached hydrogens (tertiary/aromatic N) is 4. The van der Waals surface area contributed by atoms with Gasteiger partial charge in [-0.15, -0.1) is 5.10 Å². The van der Waals surface area contributed by atoms with Gasteiger partial charge >= 0.3 is 0 Å². The topological polar surface area (TPSA) is 55.6 Å². The Balaban J connectivity index is 2.21. The van der Waals surface area contributed by atoms with Gasteiger partial charge in [0.2, 0.25) is 0 Å². The zero-order valence-electron chi connectivity index (χ0n) is 12.7. The lowest BCUT2D eigenvalue weighted by Gasteiger charge is -2.17. The maximum atomic E-state index is 4.43. The van der Waals surface area contributed by atoms with Gasteiger partial charge in [-0.3, -0.25) is 4.68 Å². The zero-order chi connectivity index (χ0) is 14.5. The molecule has 110 valence electrons. The molecule has 1 atom stereocenters. The van der Waals surface area contributed by atoms with Gasteiger partial charge in [-0.1, -0.05) is 18.3 Å². The first kappa shape index (κ1) is 15.1. The van der Waals surface area contributed by atoms with Gasteiger partial charge in [0.05, 0.1) is 22.3 Å². The smallest absolute Gasteiger partial charge is 0.0801 e. The third-order valence-electron chi connectivity index (χ3n) is 3.39. The fraction of sp³-hybridized carbons (Fsp3) is 0.643. The van der Waals surface area contributed by atoms with Crippen molar-refractivity contribution >= 4 is 11.5 Å². The van der Waals surface area contributed by atoms with E-state index >= 15 is 0 Å². The fourth-order valence-electron chi connectivity index (χ4n) is 2.37. The zero-order valence-corrected chi connectivity index (χ0v) is 13.5. The predicted molar refractivity (Wildman–Crippen MR) is 82.0 cm³/mol. The van der Waals surface area contributed by atoms with Crippen LogP contribution in [-0.2, 0) is 19.9 Å². The molecule has 5 nitrogen and oxygen atoms in total. The summed E-state index contributed by atoms with van der Waals surface area (Å²) in [7, 11) is 2.00. The minimum atomic E-state index is 0.277. The average molecular weight is 293 g/mol. The Kier molecular flexibility index (Phi) is 5.25. The number of nitrogens with one attached hydrogen (secondary N) is 1. The first-order chi connectivity index (χ1) is 9.65. The summed E-state index contributed by atoms with van der Waals surface area (Å²) >= 11 is 1.51. The van der Waals surface area contributed by atoms with Gasteiger partial charge in [-0.25, -0.2) is 0 Å². The van der Waals surface area contributed by atoms with Crippen molar-refractivity contribution in [2.24, 2.45) is 7.05 Å². The maximum Gasteiger partial charge on any atom is 0.0801 e. The minimum absolute atomic E-state index is 0.277. The lowest BCUT2D eigenvalue weighted by molar-refractivity contribution is 0.515. The molecule has 0 aromatic carbocycles. The normalized spacial score (nSPS) is 12.8. The molecule has 2 aromatic heterocycles. The van der Waals surface area contributed by atoms with E-state index in [-0.39, 0.29) is 6.04 Å². The van der Waals surface area contributed by atoms with E-state index in [1.807, 2.05) is 18.7 Å². The standard InChI is InChI=1S/C14H23N5S/c1-5-7-15-13(14-12(6-2)16-18-20-14)9-11-8-10(3)17-19(11)4/h8,13,15H,5-7,9H2,1-4H3. The van der Waals surface area contributed by atoms with Crippen molar-refractivity contribution in [3.8, 4) is 0 Å². The van der Waals surface area contributed by atoms with Crippen LogP contribution in [0, 0.1) is 6.92 Å². The molecule has 0 amide bonds. The molecule has 0 bridgehead atoms. The monoisotopic (exact) mass is 293 g/mol. The predicted octanol–water partition coefficient (Wildman–Crippen LogP) is 2.43. The molecular weight excluding hydrogens is 270 g/mol. The molecule has 0 aliphatic heterocycles. The molecule has 0 spiro atoms. The van der Waals surface area contributed by atoms with Gasteiger partial charge in [0.1, 0.15) is 0 Å². The number of aryl methyl sites for hydroxylation is 3. The van der Waals surface area contributed by atoms with Crippen LogP contribution in [0.4, 0.5) is 0 Å². The quantitative estimate of drug-likeness (QED) is 0.852. The highest BCUT2D eigenvalue weighted by molar-refractivity contribution is 7.05. The Morgan fingerprint density at radius 1 is 1.40 bits per heavy atom. The Bertz CT molecular complexity index is 546. The average Bonchev–Trinajstić information content (AvgIpc) is 3.01. The molecule has 1 unspecified atom stereocenters. The van der Waals surface area contributed by atoms with E-state index in [1.165, 1.54) is 22.1 Å². The van der Waals surface area contributed by atoms with Crippen molar-refractivity contribution in [1.82, 2.24) is 24.7 Å². The highest BCUT2D eigenvalue weighted by Crippen LogP contribution is 2.24. The summed E-state index contributed by atoms with van der Waals surface area (Å²) in [5.74, 6) is 0. The summed E-state index contributed by atoms with van der Waals surface area (Å²) in [6, 6.07) is 2.43. The van der Waals surface area contributed by atoms with E-state index in [9.17, 15) is 0 Å². The Morgan fingerprint density at radius 2 is 2.20 bits per heavy atom. The van der Waals surface area contributed by atoms with E-state index in [1.54, 1.807) is 0 Å². The van der Waals surface area contributed by atoms with Crippen LogP contribution in [0.25, 0.3) is 0 Å². The minimum Gasteiger partial charge on any atom is -0.309 e. The van der Waals surface area contributed by atoms with Gasteiger partial charge in [-0.2, -0.15) is 5.10 Å². The van der Waals surface area contributed by atoms with Gasteiger partial charge in [-0.05, 0) is 43.9 Å². The van der Waals surface area contributed by atoms with Crippen molar-refractivity contribution in [2.75, 3.05) is 6.54 Å². The van der Waals surface area contributed by atoms with Crippen molar-refractivity contribution in [3.05, 3.63) is 28.0 Å². The third kappa shape index (κ3) is 3.43.